The summed E-state index contributed by atoms with van der Waals surface area (Å²) in [5.41, 5.74) is 0. The molecule has 1 aliphatic rings. The van der Waals surface area contributed by atoms with Crippen LogP contribution in [0.25, 0.3) is 0 Å². The van der Waals surface area contributed by atoms with E-state index in [4.69, 9.17) is 0 Å². The number of carbonyl (C=O) groups is 1. The quantitative estimate of drug-likeness (QED) is 0.454. The smallest absolute Gasteiger partial charge is 0.388 e. The van der Waals surface area contributed by atoms with E-state index in [-0.39, 0.29) is 15.4 Å². The van der Waals surface area contributed by atoms with E-state index in [1.807, 2.05) is 3.88 Å². The number of rotatable bonds is 1. The van der Waals surface area contributed by atoms with Crippen molar-refractivity contribution in [1.29, 1.82) is 0 Å². The van der Waals surface area contributed by atoms with Crippen LogP contribution in [0.15, 0.2) is 0 Å². The fourth-order valence-corrected chi connectivity index (χ4v) is 2.09. The molecule has 0 spiro atoms. The molecule has 0 aliphatic carbocycles. The molecular formula is C5H10AlNO. The highest BCUT2D eigenvalue weighted by atomic mass is 27.1. The summed E-state index contributed by atoms with van der Waals surface area (Å²) in [6.07, 6.45) is 1.90. The van der Waals surface area contributed by atoms with Crippen LogP contribution in [0.2, 0.25) is 5.79 Å². The zero-order chi connectivity index (χ0) is 5.98. The first kappa shape index (κ1) is 6.13. The molecule has 1 fully saturated rings. The maximum atomic E-state index is 10.8. The lowest BCUT2D eigenvalue weighted by Crippen LogP contribution is -2.26. The summed E-state index contributed by atoms with van der Waals surface area (Å²) in [6, 6.07) is 0. The molecule has 0 atom stereocenters. The molecule has 0 aromatic carbocycles. The Kier molecular flexibility index (Phi) is 1.93. The molecule has 1 saturated heterocycles. The Bertz CT molecular complexity index is 105. The molecule has 1 rings (SSSR count). The molecule has 1 amide bonds. The van der Waals surface area contributed by atoms with Crippen LogP contribution in [0.5, 0.6) is 0 Å². The highest BCUT2D eigenvalue weighted by Gasteiger charge is 2.17. The number of nitrogens with zero attached hydrogens (tertiary/aromatic N) is 1. The first-order valence-corrected chi connectivity index (χ1v) is 5.17. The van der Waals surface area contributed by atoms with Gasteiger partial charge in [-0.2, -0.15) is 0 Å². The molecular weight excluding hydrogens is 117 g/mol. The zero-order valence-corrected chi connectivity index (χ0v) is 6.60. The monoisotopic (exact) mass is 127 g/mol. The van der Waals surface area contributed by atoms with Crippen LogP contribution < -0.4 is 0 Å². The largest absolute Gasteiger partial charge is 0.437 e. The van der Waals surface area contributed by atoms with E-state index in [0.29, 0.717) is 5.91 Å². The molecule has 44 valence electrons. The van der Waals surface area contributed by atoms with Crippen LogP contribution >= 0.6 is 0 Å². The summed E-state index contributed by atoms with van der Waals surface area (Å²) < 4.78 is 2.03. The molecule has 1 aliphatic heterocycles. The van der Waals surface area contributed by atoms with E-state index >= 15 is 0 Å². The lowest BCUT2D eigenvalue weighted by Gasteiger charge is -2.09. The first-order valence-electron chi connectivity index (χ1n) is 3.12. The van der Waals surface area contributed by atoms with Gasteiger partial charge >= 0.3 is 15.4 Å². The third-order valence-electron chi connectivity index (χ3n) is 1.55. The van der Waals surface area contributed by atoms with Gasteiger partial charge in [0.2, 0.25) is 0 Å². The Morgan fingerprint density at radius 1 is 1.75 bits per heavy atom. The third kappa shape index (κ3) is 1.04. The van der Waals surface area contributed by atoms with Crippen LogP contribution in [0.4, 0.5) is 0 Å². The van der Waals surface area contributed by atoms with Gasteiger partial charge in [0.05, 0.1) is 0 Å². The molecule has 1 heterocycles. The summed E-state index contributed by atoms with van der Waals surface area (Å²) in [6.45, 7) is 1.04. The number of hydrogen-bond donors (Lipinski definition) is 0. The number of carbonyl (C=O) groups excluding carboxylic acids is 1. The zero-order valence-electron chi connectivity index (χ0n) is 5.18. The van der Waals surface area contributed by atoms with Gasteiger partial charge in [-0.1, -0.05) is 5.79 Å². The van der Waals surface area contributed by atoms with Gasteiger partial charge in [-0.05, 0) is 13.0 Å². The minimum atomic E-state index is -0.173. The molecule has 0 aromatic rings. The first-order chi connectivity index (χ1) is 3.84. The second kappa shape index (κ2) is 2.52. The molecule has 2 nitrogen and oxygen atoms in total. The van der Waals surface area contributed by atoms with E-state index in [1.165, 1.54) is 0 Å². The minimum absolute atomic E-state index is 0.173. The summed E-state index contributed by atoms with van der Waals surface area (Å²) in [5, 5.41) is 0. The van der Waals surface area contributed by atoms with E-state index in [1.54, 1.807) is 0 Å². The van der Waals surface area contributed by atoms with E-state index in [0.717, 1.165) is 19.4 Å². The standard InChI is InChI=1S/C4H7NO.CH3.Al.H/c6-4-2-1-3-5-4;;;/h1-3H2,(H,5,6);1H3;;/q;;+1;/p-1. The fraction of sp³-hybridized carbons (Fsp3) is 0.800. The average Bonchev–Trinajstić information content (AvgIpc) is 2.14. The van der Waals surface area contributed by atoms with Gasteiger partial charge in [0.15, 0.2) is 5.91 Å². The Morgan fingerprint density at radius 2 is 2.50 bits per heavy atom. The lowest BCUT2D eigenvalue weighted by molar-refractivity contribution is -0.123. The second-order valence-corrected chi connectivity index (χ2v) is 3.47. The van der Waals surface area contributed by atoms with Crippen molar-refractivity contribution < 1.29 is 4.79 Å². The van der Waals surface area contributed by atoms with Gasteiger partial charge in [0.25, 0.3) is 0 Å². The van der Waals surface area contributed by atoms with E-state index in [2.05, 4.69) is 5.79 Å². The van der Waals surface area contributed by atoms with Crippen LogP contribution in [-0.2, 0) is 4.79 Å². The minimum Gasteiger partial charge on any atom is -0.437 e. The molecule has 3 heteroatoms. The molecule has 0 aromatic heterocycles. The fourth-order valence-electron chi connectivity index (χ4n) is 1.04. The van der Waals surface area contributed by atoms with Crippen molar-refractivity contribution >= 4 is 21.3 Å². The molecule has 0 N–H and O–H groups in total. The lowest BCUT2D eigenvalue weighted by atomic mass is 10.4. The van der Waals surface area contributed by atoms with Gasteiger partial charge in [-0.25, -0.2) is 0 Å². The highest BCUT2D eigenvalue weighted by Crippen LogP contribution is 2.06. The summed E-state index contributed by atoms with van der Waals surface area (Å²) in [5.74, 6) is 2.54. The average molecular weight is 127 g/mol. The second-order valence-electron chi connectivity index (χ2n) is 2.08. The van der Waals surface area contributed by atoms with Crippen LogP contribution in [-0.4, -0.2) is 31.8 Å². The van der Waals surface area contributed by atoms with Crippen molar-refractivity contribution in [1.82, 2.24) is 3.88 Å². The molecule has 0 radical (unpaired) electrons. The topological polar surface area (TPSA) is 20.3 Å². The Labute approximate surface area is 55.8 Å². The molecule has 0 bridgehead atoms. The normalized spacial score (nSPS) is 19.6. The van der Waals surface area contributed by atoms with Gasteiger partial charge in [0, 0.05) is 6.42 Å². The number of hydrogen-bond acceptors (Lipinski definition) is 1. The Hall–Kier alpha value is 0.00247. The third-order valence-corrected chi connectivity index (χ3v) is 2.99. The van der Waals surface area contributed by atoms with Crippen molar-refractivity contribution in [2.45, 2.75) is 18.6 Å². The predicted molar refractivity (Wildman–Crippen MR) is 34.0 cm³/mol. The molecule has 0 saturated carbocycles. The van der Waals surface area contributed by atoms with Crippen molar-refractivity contribution in [2.24, 2.45) is 0 Å². The van der Waals surface area contributed by atoms with Crippen molar-refractivity contribution in [3.63, 3.8) is 0 Å². The van der Waals surface area contributed by atoms with Crippen LogP contribution in [0.1, 0.15) is 12.8 Å². The summed E-state index contributed by atoms with van der Waals surface area (Å²) in [7, 11) is 0. The van der Waals surface area contributed by atoms with Gasteiger partial charge in [0.1, 0.15) is 0 Å². The summed E-state index contributed by atoms with van der Waals surface area (Å²) >= 11 is -0.173. The number of amides is 1. The predicted octanol–water partition coefficient (Wildman–Crippen LogP) is 0.00840. The molecule has 8 heavy (non-hydrogen) atoms. The van der Waals surface area contributed by atoms with Gasteiger partial charge < -0.3 is 3.88 Å². The van der Waals surface area contributed by atoms with Crippen LogP contribution in [0, 0.1) is 0 Å². The van der Waals surface area contributed by atoms with Crippen molar-refractivity contribution in [3.8, 4) is 0 Å². The Morgan fingerprint density at radius 3 is 2.75 bits per heavy atom. The van der Waals surface area contributed by atoms with Crippen molar-refractivity contribution in [2.75, 3.05) is 6.54 Å². The highest BCUT2D eigenvalue weighted by molar-refractivity contribution is 6.35. The van der Waals surface area contributed by atoms with E-state index < -0.39 is 0 Å². The van der Waals surface area contributed by atoms with E-state index in [9.17, 15) is 4.79 Å². The maximum Gasteiger partial charge on any atom is 0.388 e. The Balaban J connectivity index is 2.42. The summed E-state index contributed by atoms with van der Waals surface area (Å²) in [4.78, 5) is 10.8. The van der Waals surface area contributed by atoms with Gasteiger partial charge in [-0.15, -0.1) is 0 Å². The maximum absolute atomic E-state index is 10.8. The van der Waals surface area contributed by atoms with Gasteiger partial charge in [-0.3, -0.25) is 4.79 Å². The SMILES string of the molecule is [CH3][AlH][N]1CCCC1=O. The van der Waals surface area contributed by atoms with Crippen LogP contribution in [0.3, 0.4) is 0 Å². The van der Waals surface area contributed by atoms with Crippen molar-refractivity contribution in [3.05, 3.63) is 0 Å². The molecule has 0 unspecified atom stereocenters.